The number of rotatable bonds is 6. The largest absolute Gasteiger partial charge is 0.322 e. The number of hydrogen-bond donors (Lipinski definition) is 1. The molecule has 7 heteroatoms. The zero-order chi connectivity index (χ0) is 22.5. The lowest BCUT2D eigenvalue weighted by molar-refractivity contribution is -0.123. The fraction of sp³-hybridized carbons (Fsp3) is 0.0800. The molecule has 1 N–H and O–H groups in total. The van der Waals surface area contributed by atoms with E-state index in [-0.39, 0.29) is 12.3 Å². The van der Waals surface area contributed by atoms with Crippen LogP contribution in [0.1, 0.15) is 11.1 Å². The number of anilines is 1. The van der Waals surface area contributed by atoms with E-state index in [2.05, 4.69) is 5.32 Å². The van der Waals surface area contributed by atoms with E-state index in [9.17, 15) is 14.0 Å². The molecule has 3 aromatic carbocycles. The van der Waals surface area contributed by atoms with Gasteiger partial charge in [0, 0.05) is 17.7 Å². The number of nitrogens with one attached hydrogen (secondary N) is 1. The number of halogens is 1. The van der Waals surface area contributed by atoms with Gasteiger partial charge in [0.1, 0.15) is 10.1 Å². The van der Waals surface area contributed by atoms with Gasteiger partial charge in [0.25, 0.3) is 11.8 Å². The van der Waals surface area contributed by atoms with Crippen LogP contribution >= 0.6 is 24.0 Å². The van der Waals surface area contributed by atoms with Gasteiger partial charge in [-0.3, -0.25) is 14.5 Å². The van der Waals surface area contributed by atoms with Crippen molar-refractivity contribution in [1.82, 2.24) is 4.90 Å². The van der Waals surface area contributed by atoms with Crippen LogP contribution in [-0.2, 0) is 22.6 Å². The van der Waals surface area contributed by atoms with Gasteiger partial charge in [-0.1, -0.05) is 84.6 Å². The fourth-order valence-electron chi connectivity index (χ4n) is 3.29. The van der Waals surface area contributed by atoms with Crippen molar-refractivity contribution in [2.24, 2.45) is 0 Å². The monoisotopic (exact) mass is 462 g/mol. The zero-order valence-electron chi connectivity index (χ0n) is 17.0. The van der Waals surface area contributed by atoms with Crippen LogP contribution < -0.4 is 5.32 Å². The smallest absolute Gasteiger partial charge is 0.266 e. The lowest BCUT2D eigenvalue weighted by atomic mass is 10.0. The molecule has 0 saturated carbocycles. The molecule has 0 spiro atoms. The quantitative estimate of drug-likeness (QED) is 0.398. The van der Waals surface area contributed by atoms with Gasteiger partial charge in [-0.2, -0.15) is 0 Å². The van der Waals surface area contributed by atoms with Crippen molar-refractivity contribution in [2.75, 3.05) is 5.32 Å². The summed E-state index contributed by atoms with van der Waals surface area (Å²) in [6.45, 7) is 0.340. The molecule has 4 rings (SSSR count). The van der Waals surface area contributed by atoms with Gasteiger partial charge in [0.2, 0.25) is 0 Å². The van der Waals surface area contributed by atoms with Crippen LogP contribution in [0.3, 0.4) is 0 Å². The maximum Gasteiger partial charge on any atom is 0.266 e. The molecule has 0 unspecified atom stereocenters. The Hall–Kier alpha value is -3.29. The zero-order valence-corrected chi connectivity index (χ0v) is 18.6. The van der Waals surface area contributed by atoms with Crippen LogP contribution in [0.2, 0.25) is 0 Å². The van der Waals surface area contributed by atoms with Crippen molar-refractivity contribution in [2.45, 2.75) is 13.0 Å². The Kier molecular flexibility index (Phi) is 6.78. The number of amides is 2. The number of nitrogens with zero attached hydrogens (tertiary/aromatic N) is 1. The molecule has 1 aliphatic rings. The standard InChI is InChI=1S/C25H19FN2O2S2/c26-19-11-13-20(14-12-19)27-23(29)21(15-17-7-3-1-4-8-17)22-24(30)28(25(31)32-22)16-18-9-5-2-6-10-18/h1-14H,15-16H2,(H,27,29)/b22-21+. The third-order valence-corrected chi connectivity index (χ3v) is 6.40. The molecule has 1 saturated heterocycles. The molecule has 1 heterocycles. The summed E-state index contributed by atoms with van der Waals surface area (Å²) < 4.78 is 13.7. The summed E-state index contributed by atoms with van der Waals surface area (Å²) in [4.78, 5) is 28.3. The molecule has 0 aromatic heterocycles. The Morgan fingerprint density at radius 1 is 0.906 bits per heavy atom. The minimum Gasteiger partial charge on any atom is -0.322 e. The third-order valence-electron chi connectivity index (χ3n) is 4.91. The summed E-state index contributed by atoms with van der Waals surface area (Å²) in [7, 11) is 0. The maximum absolute atomic E-state index is 13.3. The topological polar surface area (TPSA) is 49.4 Å². The number of benzene rings is 3. The minimum absolute atomic E-state index is 0.268. The van der Waals surface area contributed by atoms with E-state index in [0.29, 0.717) is 27.0 Å². The van der Waals surface area contributed by atoms with Gasteiger partial charge in [0.05, 0.1) is 11.4 Å². The second-order valence-electron chi connectivity index (χ2n) is 7.18. The van der Waals surface area contributed by atoms with Crippen LogP contribution in [0.4, 0.5) is 10.1 Å². The van der Waals surface area contributed by atoms with Crippen molar-refractivity contribution >= 4 is 45.8 Å². The predicted molar refractivity (Wildman–Crippen MR) is 129 cm³/mol. The van der Waals surface area contributed by atoms with Crippen LogP contribution in [0.15, 0.2) is 95.4 Å². The fourth-order valence-corrected chi connectivity index (χ4v) is 4.60. The summed E-state index contributed by atoms with van der Waals surface area (Å²) in [5, 5.41) is 2.78. The number of thiocarbonyl (C=S) groups is 1. The highest BCUT2D eigenvalue weighted by molar-refractivity contribution is 8.26. The summed E-state index contributed by atoms with van der Waals surface area (Å²) in [5.41, 5.74) is 2.62. The molecular weight excluding hydrogens is 443 g/mol. The molecule has 2 amide bonds. The average molecular weight is 463 g/mol. The molecule has 0 bridgehead atoms. The first-order valence-electron chi connectivity index (χ1n) is 9.93. The average Bonchev–Trinajstić information content (AvgIpc) is 3.08. The second kappa shape index (κ2) is 9.89. The highest BCUT2D eigenvalue weighted by atomic mass is 32.2. The Labute approximate surface area is 195 Å². The number of thioether (sulfide) groups is 1. The van der Waals surface area contributed by atoms with Gasteiger partial charge in [0.15, 0.2) is 0 Å². The van der Waals surface area contributed by atoms with Crippen LogP contribution in [-0.4, -0.2) is 21.0 Å². The lowest BCUT2D eigenvalue weighted by Gasteiger charge is -2.15. The SMILES string of the molecule is O=C(Nc1ccc(F)cc1)/C(Cc1ccccc1)=C1/SC(=S)N(Cc2ccccc2)C1=O. The highest BCUT2D eigenvalue weighted by Crippen LogP contribution is 2.36. The first-order valence-corrected chi connectivity index (χ1v) is 11.2. The lowest BCUT2D eigenvalue weighted by Crippen LogP contribution is -2.28. The molecule has 1 fully saturated rings. The molecule has 0 radical (unpaired) electrons. The van der Waals surface area contributed by atoms with E-state index in [1.54, 1.807) is 0 Å². The number of carbonyl (C=O) groups is 2. The molecule has 0 aliphatic carbocycles. The van der Waals surface area contributed by atoms with Gasteiger partial charge in [-0.25, -0.2) is 4.39 Å². The summed E-state index contributed by atoms with van der Waals surface area (Å²) in [5.74, 6) is -1.10. The number of hydrogen-bond acceptors (Lipinski definition) is 4. The summed E-state index contributed by atoms with van der Waals surface area (Å²) in [6.07, 6.45) is 0.268. The Morgan fingerprint density at radius 3 is 2.12 bits per heavy atom. The first-order chi connectivity index (χ1) is 15.5. The Morgan fingerprint density at radius 2 is 1.50 bits per heavy atom. The van der Waals surface area contributed by atoms with Crippen molar-refractivity contribution < 1.29 is 14.0 Å². The molecular formula is C25H19FN2O2S2. The minimum atomic E-state index is -0.416. The van der Waals surface area contributed by atoms with Gasteiger partial charge >= 0.3 is 0 Å². The number of carbonyl (C=O) groups excluding carboxylic acids is 2. The van der Waals surface area contributed by atoms with Crippen molar-refractivity contribution in [3.8, 4) is 0 Å². The molecule has 160 valence electrons. The van der Waals surface area contributed by atoms with Crippen molar-refractivity contribution in [3.05, 3.63) is 112 Å². The van der Waals surface area contributed by atoms with E-state index in [4.69, 9.17) is 12.2 Å². The predicted octanol–water partition coefficient (Wildman–Crippen LogP) is 5.32. The third kappa shape index (κ3) is 5.12. The summed E-state index contributed by atoms with van der Waals surface area (Å²) in [6, 6.07) is 24.5. The molecule has 32 heavy (non-hydrogen) atoms. The second-order valence-corrected chi connectivity index (χ2v) is 8.82. The van der Waals surface area contributed by atoms with E-state index in [0.717, 1.165) is 22.9 Å². The van der Waals surface area contributed by atoms with Gasteiger partial charge in [-0.15, -0.1) is 0 Å². The van der Waals surface area contributed by atoms with E-state index in [1.807, 2.05) is 60.7 Å². The highest BCUT2D eigenvalue weighted by Gasteiger charge is 2.36. The van der Waals surface area contributed by atoms with Gasteiger partial charge in [-0.05, 0) is 35.4 Å². The van der Waals surface area contributed by atoms with Gasteiger partial charge < -0.3 is 5.32 Å². The maximum atomic E-state index is 13.3. The van der Waals surface area contributed by atoms with E-state index in [1.165, 1.54) is 29.2 Å². The van der Waals surface area contributed by atoms with Crippen LogP contribution in [0, 0.1) is 5.82 Å². The first kappa shape index (κ1) is 21.9. The molecule has 4 nitrogen and oxygen atoms in total. The normalized spacial score (nSPS) is 15.1. The Bertz CT molecular complexity index is 1180. The molecule has 0 atom stereocenters. The van der Waals surface area contributed by atoms with Crippen LogP contribution in [0.5, 0.6) is 0 Å². The van der Waals surface area contributed by atoms with E-state index >= 15 is 0 Å². The van der Waals surface area contributed by atoms with E-state index < -0.39 is 11.7 Å². The van der Waals surface area contributed by atoms with Crippen molar-refractivity contribution in [1.29, 1.82) is 0 Å². The molecule has 1 aliphatic heterocycles. The Balaban J connectivity index is 1.66. The molecule has 3 aromatic rings. The van der Waals surface area contributed by atoms with Crippen LogP contribution in [0.25, 0.3) is 0 Å². The summed E-state index contributed by atoms with van der Waals surface area (Å²) >= 11 is 6.61. The van der Waals surface area contributed by atoms with Crippen molar-refractivity contribution in [3.63, 3.8) is 0 Å².